The third-order valence-electron chi connectivity index (χ3n) is 5.49. The average Bonchev–Trinajstić information content (AvgIpc) is 3.56. The number of ether oxygens (including phenoxy) is 1. The third-order valence-corrected chi connectivity index (χ3v) is 7.47. The van der Waals surface area contributed by atoms with Crippen molar-refractivity contribution < 1.29 is 9.53 Å². The van der Waals surface area contributed by atoms with Crippen molar-refractivity contribution in [2.75, 3.05) is 39.4 Å². The Kier molecular flexibility index (Phi) is 7.79. The van der Waals surface area contributed by atoms with Crippen molar-refractivity contribution in [3.05, 3.63) is 70.9 Å². The van der Waals surface area contributed by atoms with Crippen LogP contribution in [0.25, 0.3) is 17.1 Å². The Labute approximate surface area is 211 Å². The van der Waals surface area contributed by atoms with Crippen LogP contribution in [0.5, 0.6) is 0 Å². The molecule has 0 bridgehead atoms. The maximum atomic E-state index is 12.5. The molecule has 1 saturated heterocycles. The van der Waals surface area contributed by atoms with Gasteiger partial charge in [-0.2, -0.15) is 0 Å². The first-order valence-electron chi connectivity index (χ1n) is 11.3. The predicted octanol–water partition coefficient (Wildman–Crippen LogP) is 3.14. The monoisotopic (exact) mass is 507 g/mol. The molecule has 1 aromatic carbocycles. The number of morpholine rings is 1. The van der Waals surface area contributed by atoms with Gasteiger partial charge in [-0.1, -0.05) is 30.0 Å². The van der Waals surface area contributed by atoms with Crippen LogP contribution < -0.4 is 5.32 Å². The van der Waals surface area contributed by atoms with Crippen molar-refractivity contribution in [3.63, 3.8) is 0 Å². The lowest BCUT2D eigenvalue weighted by atomic mass is 10.2. The minimum absolute atomic E-state index is 0.142. The largest absolute Gasteiger partial charge is 0.379 e. The lowest BCUT2D eigenvalue weighted by Crippen LogP contribution is -2.41. The fourth-order valence-corrected chi connectivity index (χ4v) is 5.45. The van der Waals surface area contributed by atoms with E-state index < -0.39 is 0 Å². The maximum Gasteiger partial charge on any atom is 0.270 e. The first-order chi connectivity index (χ1) is 17.3. The molecule has 35 heavy (non-hydrogen) atoms. The lowest BCUT2D eigenvalue weighted by Gasteiger charge is -2.26. The SMILES string of the molecule is O=C(NCCN1CCOCC1)c1csc(CSc2nnc(-c3cccnc3)n2-c2ccccc2)n1. The van der Waals surface area contributed by atoms with Crippen LogP contribution in [0, 0.1) is 0 Å². The topological polar surface area (TPSA) is 98.1 Å². The molecular formula is C24H25N7O2S2. The quantitative estimate of drug-likeness (QED) is 0.345. The van der Waals surface area contributed by atoms with Gasteiger partial charge < -0.3 is 10.1 Å². The van der Waals surface area contributed by atoms with Crippen molar-refractivity contribution in [2.24, 2.45) is 0 Å². The second-order valence-electron chi connectivity index (χ2n) is 7.84. The highest BCUT2D eigenvalue weighted by molar-refractivity contribution is 7.98. The summed E-state index contributed by atoms with van der Waals surface area (Å²) < 4.78 is 7.38. The molecule has 3 aromatic heterocycles. The summed E-state index contributed by atoms with van der Waals surface area (Å²) in [6.07, 6.45) is 3.52. The number of rotatable bonds is 9. The number of carbonyl (C=O) groups is 1. The van der Waals surface area contributed by atoms with Gasteiger partial charge in [0.2, 0.25) is 0 Å². The molecule has 11 heteroatoms. The van der Waals surface area contributed by atoms with Gasteiger partial charge in [0.15, 0.2) is 11.0 Å². The van der Waals surface area contributed by atoms with E-state index in [1.54, 1.807) is 12.4 Å². The van der Waals surface area contributed by atoms with Gasteiger partial charge in [0.1, 0.15) is 10.7 Å². The van der Waals surface area contributed by atoms with Gasteiger partial charge in [-0.25, -0.2) is 4.98 Å². The maximum absolute atomic E-state index is 12.5. The number of para-hydroxylation sites is 1. The summed E-state index contributed by atoms with van der Waals surface area (Å²) in [5.41, 5.74) is 2.31. The highest BCUT2D eigenvalue weighted by Crippen LogP contribution is 2.30. The van der Waals surface area contributed by atoms with E-state index in [4.69, 9.17) is 4.74 Å². The van der Waals surface area contributed by atoms with E-state index >= 15 is 0 Å². The molecule has 1 fully saturated rings. The highest BCUT2D eigenvalue weighted by Gasteiger charge is 2.18. The molecule has 0 spiro atoms. The summed E-state index contributed by atoms with van der Waals surface area (Å²) in [5.74, 6) is 1.17. The summed E-state index contributed by atoms with van der Waals surface area (Å²) in [7, 11) is 0. The Morgan fingerprint density at radius 1 is 1.11 bits per heavy atom. The molecule has 180 valence electrons. The molecule has 1 amide bonds. The normalized spacial score (nSPS) is 14.2. The van der Waals surface area contributed by atoms with Crippen LogP contribution in [-0.2, 0) is 10.5 Å². The van der Waals surface area contributed by atoms with Gasteiger partial charge in [0, 0.05) is 55.2 Å². The van der Waals surface area contributed by atoms with Crippen LogP contribution in [0.1, 0.15) is 15.5 Å². The number of carbonyl (C=O) groups excluding carboxylic acids is 1. The fourth-order valence-electron chi connectivity index (χ4n) is 3.71. The van der Waals surface area contributed by atoms with E-state index in [2.05, 4.69) is 30.4 Å². The Morgan fingerprint density at radius 3 is 2.77 bits per heavy atom. The first kappa shape index (κ1) is 23.6. The second-order valence-corrected chi connectivity index (χ2v) is 9.73. The Morgan fingerprint density at radius 2 is 1.97 bits per heavy atom. The van der Waals surface area contributed by atoms with Gasteiger partial charge in [0.25, 0.3) is 5.91 Å². The van der Waals surface area contributed by atoms with Crippen LogP contribution in [0.15, 0.2) is 65.4 Å². The number of thioether (sulfide) groups is 1. The van der Waals surface area contributed by atoms with E-state index in [9.17, 15) is 4.79 Å². The summed E-state index contributed by atoms with van der Waals surface area (Å²) >= 11 is 3.02. The summed E-state index contributed by atoms with van der Waals surface area (Å²) in [6, 6.07) is 13.9. The summed E-state index contributed by atoms with van der Waals surface area (Å²) in [4.78, 5) is 23.6. The van der Waals surface area contributed by atoms with Crippen LogP contribution in [-0.4, -0.2) is 74.9 Å². The fraction of sp³-hybridized carbons (Fsp3) is 0.292. The number of thiazole rings is 1. The van der Waals surface area contributed by atoms with E-state index in [0.717, 1.165) is 60.1 Å². The number of nitrogens with zero attached hydrogens (tertiary/aromatic N) is 6. The molecule has 4 aromatic rings. The van der Waals surface area contributed by atoms with Crippen LogP contribution >= 0.6 is 23.1 Å². The van der Waals surface area contributed by atoms with Crippen molar-refractivity contribution in [1.29, 1.82) is 0 Å². The first-order valence-corrected chi connectivity index (χ1v) is 13.2. The van der Waals surface area contributed by atoms with E-state index in [1.807, 2.05) is 52.4 Å². The number of hydrogen-bond donors (Lipinski definition) is 1. The number of nitrogens with one attached hydrogen (secondary N) is 1. The zero-order chi connectivity index (χ0) is 23.9. The molecule has 5 rings (SSSR count). The number of pyridine rings is 1. The Bertz CT molecular complexity index is 1240. The Balaban J connectivity index is 1.24. The highest BCUT2D eigenvalue weighted by atomic mass is 32.2. The standard InChI is InChI=1S/C24H25N7O2S2/c32-23(26-9-10-30-11-13-33-14-12-30)20-16-34-21(27-20)17-35-24-29-28-22(18-5-4-8-25-15-18)31(24)19-6-2-1-3-7-19/h1-8,15-16H,9-14,17H2,(H,26,32). The molecule has 4 heterocycles. The van der Waals surface area contributed by atoms with Gasteiger partial charge >= 0.3 is 0 Å². The third kappa shape index (κ3) is 5.93. The van der Waals surface area contributed by atoms with Crippen molar-refractivity contribution in [3.8, 4) is 17.1 Å². The number of benzene rings is 1. The number of aromatic nitrogens is 5. The molecule has 0 radical (unpaired) electrons. The summed E-state index contributed by atoms with van der Waals surface area (Å²) in [5, 5.41) is 15.3. The molecule has 0 aliphatic carbocycles. The van der Waals surface area contributed by atoms with E-state index in [-0.39, 0.29) is 5.91 Å². The minimum atomic E-state index is -0.142. The predicted molar refractivity (Wildman–Crippen MR) is 136 cm³/mol. The molecule has 0 atom stereocenters. The molecule has 0 saturated carbocycles. The molecular weight excluding hydrogens is 482 g/mol. The molecule has 1 aliphatic rings. The molecule has 9 nitrogen and oxygen atoms in total. The lowest BCUT2D eigenvalue weighted by molar-refractivity contribution is 0.0383. The van der Waals surface area contributed by atoms with Crippen molar-refractivity contribution in [1.82, 2.24) is 34.9 Å². The van der Waals surface area contributed by atoms with Gasteiger partial charge in [-0.05, 0) is 24.3 Å². The van der Waals surface area contributed by atoms with Crippen LogP contribution in [0.4, 0.5) is 0 Å². The average molecular weight is 508 g/mol. The second kappa shape index (κ2) is 11.5. The molecule has 1 aliphatic heterocycles. The van der Waals surface area contributed by atoms with Gasteiger partial charge in [-0.15, -0.1) is 21.5 Å². The number of amides is 1. The summed E-state index contributed by atoms with van der Waals surface area (Å²) in [6.45, 7) is 4.73. The van der Waals surface area contributed by atoms with Crippen LogP contribution in [0.2, 0.25) is 0 Å². The molecule has 0 unspecified atom stereocenters. The number of hydrogen-bond acceptors (Lipinski definition) is 9. The van der Waals surface area contributed by atoms with Gasteiger partial charge in [-0.3, -0.25) is 19.2 Å². The smallest absolute Gasteiger partial charge is 0.270 e. The molecule has 1 N–H and O–H groups in total. The van der Waals surface area contributed by atoms with Gasteiger partial charge in [0.05, 0.1) is 19.0 Å². The minimum Gasteiger partial charge on any atom is -0.379 e. The van der Waals surface area contributed by atoms with E-state index in [1.165, 1.54) is 23.1 Å². The van der Waals surface area contributed by atoms with Crippen molar-refractivity contribution in [2.45, 2.75) is 10.9 Å². The van der Waals surface area contributed by atoms with Crippen LogP contribution in [0.3, 0.4) is 0 Å². The Hall–Kier alpha value is -3.12. The zero-order valence-electron chi connectivity index (χ0n) is 19.0. The van der Waals surface area contributed by atoms with Crippen molar-refractivity contribution >= 4 is 29.0 Å². The van der Waals surface area contributed by atoms with E-state index in [0.29, 0.717) is 18.0 Å². The zero-order valence-corrected chi connectivity index (χ0v) is 20.7.